The smallest absolute Gasteiger partial charge is 0.162 e. The van der Waals surface area contributed by atoms with Crippen LogP contribution in [0.1, 0.15) is 0 Å². The molecule has 1 aliphatic heterocycles. The van der Waals surface area contributed by atoms with Crippen molar-refractivity contribution in [2.45, 2.75) is 0 Å². The van der Waals surface area contributed by atoms with Crippen LogP contribution in [0.3, 0.4) is 0 Å². The molecule has 0 N–H and O–H groups in total. The van der Waals surface area contributed by atoms with E-state index in [0.717, 1.165) is 27.4 Å². The van der Waals surface area contributed by atoms with E-state index in [4.69, 9.17) is 9.47 Å². The van der Waals surface area contributed by atoms with E-state index < -0.39 is 0 Å². The minimum Gasteiger partial charge on any atom is -0.486 e. The van der Waals surface area contributed by atoms with Gasteiger partial charge in [0.1, 0.15) is 17.8 Å². The molecule has 3 rings (SSSR count). The molecule has 0 spiro atoms. The molecule has 0 fully saturated rings. The van der Waals surface area contributed by atoms with Crippen LogP contribution < -0.4 is 9.47 Å². The number of imidazole rings is 1. The molecule has 2 aromatic rings. The van der Waals surface area contributed by atoms with Gasteiger partial charge < -0.3 is 14.0 Å². The molecule has 88 valence electrons. The normalized spacial score (nSPS) is 13.8. The zero-order valence-electron chi connectivity index (χ0n) is 9.31. The van der Waals surface area contributed by atoms with Crippen molar-refractivity contribution in [1.29, 1.82) is 0 Å². The van der Waals surface area contributed by atoms with E-state index in [1.165, 1.54) is 0 Å². The third-order valence-electron chi connectivity index (χ3n) is 2.71. The highest BCUT2D eigenvalue weighted by atomic mass is 79.9. The van der Waals surface area contributed by atoms with Crippen LogP contribution in [0.4, 0.5) is 0 Å². The first-order valence-electron chi connectivity index (χ1n) is 5.32. The van der Waals surface area contributed by atoms with E-state index in [9.17, 15) is 0 Å². The molecule has 0 saturated heterocycles. The number of hydrogen-bond acceptors (Lipinski definition) is 3. The Morgan fingerprint density at radius 1 is 1.24 bits per heavy atom. The number of ether oxygens (including phenoxy) is 2. The van der Waals surface area contributed by atoms with Gasteiger partial charge in [-0.2, -0.15) is 0 Å². The second-order valence-electron chi connectivity index (χ2n) is 3.85. The summed E-state index contributed by atoms with van der Waals surface area (Å²) in [5.74, 6) is 1.60. The molecular weight excluding hydrogens is 284 g/mol. The van der Waals surface area contributed by atoms with Gasteiger partial charge in [-0.1, -0.05) is 0 Å². The lowest BCUT2D eigenvalue weighted by Gasteiger charge is -2.19. The van der Waals surface area contributed by atoms with Crippen LogP contribution in [-0.2, 0) is 7.05 Å². The molecule has 0 bridgehead atoms. The molecule has 0 unspecified atom stereocenters. The predicted molar refractivity (Wildman–Crippen MR) is 67.3 cm³/mol. The Labute approximate surface area is 107 Å². The van der Waals surface area contributed by atoms with Crippen LogP contribution in [0.15, 0.2) is 29.1 Å². The lowest BCUT2D eigenvalue weighted by molar-refractivity contribution is 0.171. The summed E-state index contributed by atoms with van der Waals surface area (Å²) in [4.78, 5) is 4.21. The number of nitrogens with zero attached hydrogens (tertiary/aromatic N) is 2. The third-order valence-corrected chi connectivity index (χ3v) is 3.29. The quantitative estimate of drug-likeness (QED) is 0.811. The molecule has 1 aliphatic rings. The van der Waals surface area contributed by atoms with Gasteiger partial charge in [-0.05, 0) is 34.1 Å². The van der Waals surface area contributed by atoms with Gasteiger partial charge in [0.15, 0.2) is 11.5 Å². The van der Waals surface area contributed by atoms with Gasteiger partial charge in [-0.3, -0.25) is 0 Å². The summed E-state index contributed by atoms with van der Waals surface area (Å²) in [6.45, 7) is 1.21. The van der Waals surface area contributed by atoms with Crippen LogP contribution in [0, 0.1) is 0 Å². The zero-order valence-corrected chi connectivity index (χ0v) is 10.9. The molecule has 1 aromatic carbocycles. The van der Waals surface area contributed by atoms with Crippen LogP contribution in [0.5, 0.6) is 11.5 Å². The Hall–Kier alpha value is -1.49. The maximum atomic E-state index is 5.57. The number of aromatic nitrogens is 2. The molecular formula is C12H11BrN2O2. The number of fused-ring (bicyclic) bond motifs is 1. The van der Waals surface area contributed by atoms with Gasteiger partial charge in [0.05, 0.1) is 12.0 Å². The standard InChI is InChI=1S/C12H11BrN2O2/c1-15-7-14-12(13)11(15)8-2-3-9-10(6-8)17-5-4-16-9/h2-3,6-7H,4-5H2,1H3. The van der Waals surface area contributed by atoms with E-state index >= 15 is 0 Å². The van der Waals surface area contributed by atoms with Crippen molar-refractivity contribution in [1.82, 2.24) is 9.55 Å². The molecule has 0 aliphatic carbocycles. The molecule has 0 saturated carbocycles. The lowest BCUT2D eigenvalue weighted by Crippen LogP contribution is -2.15. The van der Waals surface area contributed by atoms with E-state index in [1.807, 2.05) is 29.8 Å². The van der Waals surface area contributed by atoms with Crippen molar-refractivity contribution in [3.05, 3.63) is 29.1 Å². The van der Waals surface area contributed by atoms with Crippen molar-refractivity contribution in [3.8, 4) is 22.8 Å². The summed E-state index contributed by atoms with van der Waals surface area (Å²) in [6, 6.07) is 5.93. The Balaban J connectivity index is 2.10. The van der Waals surface area contributed by atoms with Gasteiger partial charge in [0, 0.05) is 12.6 Å². The Morgan fingerprint density at radius 2 is 2.00 bits per heavy atom. The van der Waals surface area contributed by atoms with Crippen molar-refractivity contribution in [2.24, 2.45) is 7.05 Å². The summed E-state index contributed by atoms with van der Waals surface area (Å²) in [6.07, 6.45) is 1.77. The van der Waals surface area contributed by atoms with Gasteiger partial charge >= 0.3 is 0 Å². The largest absolute Gasteiger partial charge is 0.486 e. The number of rotatable bonds is 1. The summed E-state index contributed by atoms with van der Waals surface area (Å²) in [5.41, 5.74) is 2.09. The maximum absolute atomic E-state index is 5.57. The highest BCUT2D eigenvalue weighted by Crippen LogP contribution is 2.36. The number of benzene rings is 1. The topological polar surface area (TPSA) is 36.3 Å². The Morgan fingerprint density at radius 3 is 2.71 bits per heavy atom. The van der Waals surface area contributed by atoms with Crippen molar-refractivity contribution < 1.29 is 9.47 Å². The molecule has 1 aromatic heterocycles. The van der Waals surface area contributed by atoms with Crippen LogP contribution in [0.2, 0.25) is 0 Å². The fourth-order valence-corrected chi connectivity index (χ4v) is 2.52. The van der Waals surface area contributed by atoms with E-state index in [1.54, 1.807) is 6.33 Å². The molecule has 2 heterocycles. The summed E-state index contributed by atoms with van der Waals surface area (Å²) in [7, 11) is 1.96. The number of aryl methyl sites for hydroxylation is 1. The molecule has 0 radical (unpaired) electrons. The molecule has 5 heteroatoms. The first-order chi connectivity index (χ1) is 8.25. The SMILES string of the molecule is Cn1cnc(Br)c1-c1ccc2c(c1)OCCO2. The third kappa shape index (κ3) is 1.80. The van der Waals surface area contributed by atoms with Gasteiger partial charge in [0.25, 0.3) is 0 Å². The molecule has 0 amide bonds. The number of hydrogen-bond donors (Lipinski definition) is 0. The fraction of sp³-hybridized carbons (Fsp3) is 0.250. The first-order valence-corrected chi connectivity index (χ1v) is 6.12. The van der Waals surface area contributed by atoms with E-state index in [2.05, 4.69) is 20.9 Å². The average molecular weight is 295 g/mol. The highest BCUT2D eigenvalue weighted by molar-refractivity contribution is 9.10. The van der Waals surface area contributed by atoms with Crippen LogP contribution in [0.25, 0.3) is 11.3 Å². The fourth-order valence-electron chi connectivity index (χ4n) is 1.92. The maximum Gasteiger partial charge on any atom is 0.162 e. The minimum atomic E-state index is 0.600. The average Bonchev–Trinajstić information content (AvgIpc) is 2.68. The predicted octanol–water partition coefficient (Wildman–Crippen LogP) is 2.62. The van der Waals surface area contributed by atoms with Crippen molar-refractivity contribution >= 4 is 15.9 Å². The van der Waals surface area contributed by atoms with Crippen molar-refractivity contribution in [3.63, 3.8) is 0 Å². The minimum absolute atomic E-state index is 0.600. The highest BCUT2D eigenvalue weighted by Gasteiger charge is 2.15. The molecule has 17 heavy (non-hydrogen) atoms. The monoisotopic (exact) mass is 294 g/mol. The summed E-state index contributed by atoms with van der Waals surface area (Å²) in [5, 5.41) is 0. The zero-order chi connectivity index (χ0) is 11.8. The van der Waals surface area contributed by atoms with E-state index in [-0.39, 0.29) is 0 Å². The van der Waals surface area contributed by atoms with Gasteiger partial charge in [0.2, 0.25) is 0 Å². The second kappa shape index (κ2) is 4.07. The van der Waals surface area contributed by atoms with E-state index in [0.29, 0.717) is 13.2 Å². The van der Waals surface area contributed by atoms with Gasteiger partial charge in [-0.25, -0.2) is 4.98 Å². The van der Waals surface area contributed by atoms with Crippen LogP contribution in [-0.4, -0.2) is 22.8 Å². The first kappa shape index (κ1) is 10.7. The van der Waals surface area contributed by atoms with Crippen LogP contribution >= 0.6 is 15.9 Å². The summed E-state index contributed by atoms with van der Waals surface area (Å²) < 4.78 is 13.9. The lowest BCUT2D eigenvalue weighted by atomic mass is 10.1. The Kier molecular flexibility index (Phi) is 2.55. The second-order valence-corrected chi connectivity index (χ2v) is 4.60. The molecule has 0 atom stereocenters. The van der Waals surface area contributed by atoms with Gasteiger partial charge in [-0.15, -0.1) is 0 Å². The Bertz CT molecular complexity index is 546. The molecule has 4 nitrogen and oxygen atoms in total. The number of halogens is 1. The van der Waals surface area contributed by atoms with Crippen molar-refractivity contribution in [2.75, 3.05) is 13.2 Å². The summed E-state index contributed by atoms with van der Waals surface area (Å²) >= 11 is 3.45.